The number of rotatable bonds is 2. The fourth-order valence-corrected chi connectivity index (χ4v) is 3.98. The molecule has 0 unspecified atom stereocenters. The number of aromatic nitrogens is 3. The second-order valence-electron chi connectivity index (χ2n) is 2.68. The van der Waals surface area contributed by atoms with Crippen LogP contribution in [0.1, 0.15) is 6.92 Å². The van der Waals surface area contributed by atoms with E-state index in [4.69, 9.17) is 0 Å². The van der Waals surface area contributed by atoms with Gasteiger partial charge in [-0.3, -0.25) is 0 Å². The highest BCUT2D eigenvalue weighted by molar-refractivity contribution is 9.12. The van der Waals surface area contributed by atoms with Gasteiger partial charge in [-0.2, -0.15) is 0 Å². The lowest BCUT2D eigenvalue weighted by atomic mass is 10.3. The molecule has 0 saturated carbocycles. The van der Waals surface area contributed by atoms with Crippen LogP contribution in [0.2, 0.25) is 0 Å². The Morgan fingerprint density at radius 3 is 2.86 bits per heavy atom. The van der Waals surface area contributed by atoms with E-state index in [1.54, 1.807) is 17.7 Å². The van der Waals surface area contributed by atoms with E-state index < -0.39 is 0 Å². The van der Waals surface area contributed by atoms with Crippen molar-refractivity contribution in [1.82, 2.24) is 14.8 Å². The van der Waals surface area contributed by atoms with Gasteiger partial charge in [0.05, 0.1) is 7.57 Å². The fourth-order valence-electron chi connectivity index (χ4n) is 1.19. The molecule has 2 aromatic rings. The van der Waals surface area contributed by atoms with Crippen LogP contribution in [-0.2, 0) is 6.54 Å². The van der Waals surface area contributed by atoms with Gasteiger partial charge >= 0.3 is 0 Å². The zero-order valence-electron chi connectivity index (χ0n) is 7.37. The lowest BCUT2D eigenvalue weighted by Gasteiger charge is -2.00. The summed E-state index contributed by atoms with van der Waals surface area (Å²) in [5, 5.41) is 8.00. The van der Waals surface area contributed by atoms with E-state index in [2.05, 4.69) is 49.0 Å². The van der Waals surface area contributed by atoms with Gasteiger partial charge in [0.1, 0.15) is 6.33 Å². The van der Waals surface area contributed by atoms with Gasteiger partial charge in [-0.1, -0.05) is 0 Å². The van der Waals surface area contributed by atoms with Crippen molar-refractivity contribution in [3.05, 3.63) is 20.0 Å². The highest BCUT2D eigenvalue weighted by Gasteiger charge is 2.12. The monoisotopic (exact) mass is 335 g/mol. The molecule has 14 heavy (non-hydrogen) atoms. The average Bonchev–Trinajstić information content (AvgIpc) is 2.71. The van der Waals surface area contributed by atoms with Crippen LogP contribution in [0.5, 0.6) is 0 Å². The van der Waals surface area contributed by atoms with Crippen LogP contribution in [0.25, 0.3) is 11.4 Å². The van der Waals surface area contributed by atoms with Crippen molar-refractivity contribution in [3.63, 3.8) is 0 Å². The van der Waals surface area contributed by atoms with Crippen molar-refractivity contribution >= 4 is 43.2 Å². The zero-order valence-corrected chi connectivity index (χ0v) is 11.4. The summed E-state index contributed by atoms with van der Waals surface area (Å²) in [4.78, 5) is 0. The van der Waals surface area contributed by atoms with Gasteiger partial charge in [0.15, 0.2) is 5.82 Å². The van der Waals surface area contributed by atoms with Gasteiger partial charge < -0.3 is 4.57 Å². The Morgan fingerprint density at radius 1 is 1.50 bits per heavy atom. The Kier molecular flexibility index (Phi) is 3.04. The molecule has 0 saturated heterocycles. The van der Waals surface area contributed by atoms with E-state index in [1.807, 2.05) is 10.6 Å². The van der Waals surface area contributed by atoms with Crippen molar-refractivity contribution in [2.24, 2.45) is 0 Å². The predicted molar refractivity (Wildman–Crippen MR) is 64.4 cm³/mol. The lowest BCUT2D eigenvalue weighted by molar-refractivity contribution is 0.767. The quantitative estimate of drug-likeness (QED) is 0.839. The minimum atomic E-state index is 0.877. The molecule has 0 spiro atoms. The second kappa shape index (κ2) is 4.12. The van der Waals surface area contributed by atoms with Crippen molar-refractivity contribution in [2.45, 2.75) is 13.5 Å². The molecule has 2 aromatic heterocycles. The number of hydrogen-bond donors (Lipinski definition) is 0. The molecule has 0 atom stereocenters. The SMILES string of the molecule is CCn1cnnc1-c1cc(Br)sc1Br. The first-order chi connectivity index (χ1) is 6.72. The third-order valence-corrected chi connectivity index (χ3v) is 4.19. The van der Waals surface area contributed by atoms with E-state index in [0.717, 1.165) is 25.5 Å². The largest absolute Gasteiger partial charge is 0.314 e. The third kappa shape index (κ3) is 1.78. The first-order valence-corrected chi connectivity index (χ1v) is 6.45. The van der Waals surface area contributed by atoms with Crippen molar-refractivity contribution in [3.8, 4) is 11.4 Å². The summed E-state index contributed by atoms with van der Waals surface area (Å²) in [7, 11) is 0. The van der Waals surface area contributed by atoms with Crippen molar-refractivity contribution in [1.29, 1.82) is 0 Å². The topological polar surface area (TPSA) is 30.7 Å². The molecule has 6 heteroatoms. The van der Waals surface area contributed by atoms with Crippen LogP contribution >= 0.6 is 43.2 Å². The highest BCUT2D eigenvalue weighted by atomic mass is 79.9. The van der Waals surface area contributed by atoms with Gasteiger partial charge in [0.2, 0.25) is 0 Å². The first-order valence-electron chi connectivity index (χ1n) is 4.05. The first kappa shape index (κ1) is 10.3. The average molecular weight is 337 g/mol. The molecule has 0 aromatic carbocycles. The van der Waals surface area contributed by atoms with Crippen molar-refractivity contribution < 1.29 is 0 Å². The van der Waals surface area contributed by atoms with Gasteiger partial charge in [-0.25, -0.2) is 0 Å². The molecule has 2 rings (SSSR count). The second-order valence-corrected chi connectivity index (χ2v) is 6.43. The molecule has 0 fully saturated rings. The van der Waals surface area contributed by atoms with Gasteiger partial charge in [-0.05, 0) is 44.8 Å². The Morgan fingerprint density at radius 2 is 2.29 bits per heavy atom. The molecule has 0 aliphatic heterocycles. The fraction of sp³-hybridized carbons (Fsp3) is 0.250. The lowest BCUT2D eigenvalue weighted by Crippen LogP contribution is -1.95. The molecule has 74 valence electrons. The smallest absolute Gasteiger partial charge is 0.165 e. The van der Waals surface area contributed by atoms with Crippen LogP contribution < -0.4 is 0 Å². The van der Waals surface area contributed by atoms with E-state index in [9.17, 15) is 0 Å². The van der Waals surface area contributed by atoms with Gasteiger partial charge in [0.25, 0.3) is 0 Å². The maximum absolute atomic E-state index is 4.10. The summed E-state index contributed by atoms with van der Waals surface area (Å²) < 4.78 is 4.18. The highest BCUT2D eigenvalue weighted by Crippen LogP contribution is 2.37. The van der Waals surface area contributed by atoms with Crippen LogP contribution in [-0.4, -0.2) is 14.8 Å². The Hall–Kier alpha value is -0.200. The summed E-state index contributed by atoms with van der Waals surface area (Å²) in [5.41, 5.74) is 1.08. The molecule has 0 N–H and O–H groups in total. The normalized spacial score (nSPS) is 10.8. The third-order valence-electron chi connectivity index (χ3n) is 1.85. The molecular weight excluding hydrogens is 330 g/mol. The van der Waals surface area contributed by atoms with E-state index in [0.29, 0.717) is 0 Å². The minimum Gasteiger partial charge on any atom is -0.314 e. The summed E-state index contributed by atoms with van der Waals surface area (Å²) in [6.07, 6.45) is 1.74. The Labute approximate surface area is 102 Å². The summed E-state index contributed by atoms with van der Waals surface area (Å²) in [6, 6.07) is 2.05. The Balaban J connectivity index is 2.53. The molecule has 0 aliphatic rings. The summed E-state index contributed by atoms with van der Waals surface area (Å²) in [5.74, 6) is 0.904. The number of nitrogens with zero attached hydrogens (tertiary/aromatic N) is 3. The number of aryl methyl sites for hydroxylation is 1. The maximum Gasteiger partial charge on any atom is 0.165 e. The Bertz CT molecular complexity index is 449. The van der Waals surface area contributed by atoms with Crippen LogP contribution in [0.15, 0.2) is 20.0 Å². The predicted octanol–water partition coefficient (Wildman–Crippen LogP) is 3.55. The van der Waals surface area contributed by atoms with E-state index in [-0.39, 0.29) is 0 Å². The van der Waals surface area contributed by atoms with Crippen LogP contribution in [0.3, 0.4) is 0 Å². The zero-order chi connectivity index (χ0) is 10.1. The standard InChI is InChI=1S/C8H7Br2N3S/c1-2-13-4-11-12-8(13)5-3-6(9)14-7(5)10/h3-4H,2H2,1H3. The molecule has 0 aliphatic carbocycles. The van der Waals surface area contributed by atoms with Gasteiger partial charge in [-0.15, -0.1) is 21.5 Å². The maximum atomic E-state index is 4.10. The minimum absolute atomic E-state index is 0.877. The molecule has 2 heterocycles. The molecule has 0 amide bonds. The molecule has 3 nitrogen and oxygen atoms in total. The van der Waals surface area contributed by atoms with Crippen molar-refractivity contribution in [2.75, 3.05) is 0 Å². The summed E-state index contributed by atoms with van der Waals surface area (Å²) in [6.45, 7) is 2.95. The van der Waals surface area contributed by atoms with E-state index >= 15 is 0 Å². The molecule has 0 bridgehead atoms. The van der Waals surface area contributed by atoms with Crippen LogP contribution in [0, 0.1) is 0 Å². The van der Waals surface area contributed by atoms with Gasteiger partial charge in [0, 0.05) is 12.1 Å². The summed E-state index contributed by atoms with van der Waals surface area (Å²) >= 11 is 8.59. The van der Waals surface area contributed by atoms with Crippen LogP contribution in [0.4, 0.5) is 0 Å². The molecule has 0 radical (unpaired) electrons. The van der Waals surface area contributed by atoms with E-state index in [1.165, 1.54) is 0 Å². The number of hydrogen-bond acceptors (Lipinski definition) is 3. The number of halogens is 2. The molecular formula is C8H7Br2N3S. The number of thiophene rings is 1.